The van der Waals surface area contributed by atoms with E-state index in [1.807, 2.05) is 0 Å². The summed E-state index contributed by atoms with van der Waals surface area (Å²) in [4.78, 5) is 12.7. The zero-order valence-corrected chi connectivity index (χ0v) is 16.6. The number of carbonyl (C=O) groups excluding carboxylic acids is 1. The molecule has 1 aliphatic heterocycles. The lowest BCUT2D eigenvalue weighted by Crippen LogP contribution is -2.34. The van der Waals surface area contributed by atoms with E-state index in [-0.39, 0.29) is 17.2 Å². The minimum Gasteiger partial charge on any atom is -0.477 e. The Kier molecular flexibility index (Phi) is 4.27. The highest BCUT2D eigenvalue weighted by molar-refractivity contribution is 7.91. The number of ether oxygens (including phenoxy) is 1. The van der Waals surface area contributed by atoms with Crippen molar-refractivity contribution >= 4 is 21.6 Å². The highest BCUT2D eigenvalue weighted by atomic mass is 32.2. The normalized spacial score (nSPS) is 21.5. The molecule has 0 radical (unpaired) electrons. The van der Waals surface area contributed by atoms with E-state index in [2.05, 4.69) is 21.2 Å². The van der Waals surface area contributed by atoms with Crippen LogP contribution in [0.3, 0.4) is 0 Å². The second-order valence-electron chi connectivity index (χ2n) is 7.74. The molecule has 0 saturated heterocycles. The Morgan fingerprint density at radius 1 is 1.28 bits per heavy atom. The molecule has 8 nitrogen and oxygen atoms in total. The number of alkyl halides is 1. The van der Waals surface area contributed by atoms with Crippen LogP contribution in [0.15, 0.2) is 17.2 Å². The van der Waals surface area contributed by atoms with Gasteiger partial charge in [0, 0.05) is 31.5 Å². The zero-order chi connectivity index (χ0) is 20.2. The quantitative estimate of drug-likeness (QED) is 0.711. The number of urea groups is 1. The molecule has 0 spiro atoms. The maximum atomic E-state index is 14.0. The van der Waals surface area contributed by atoms with Crippen LogP contribution < -0.4 is 14.8 Å². The molecule has 0 bridgehead atoms. The Morgan fingerprint density at radius 3 is 3.00 bits per heavy atom. The Morgan fingerprint density at radius 2 is 2.14 bits per heavy atom. The number of aryl methyl sites for hydroxylation is 2. The van der Waals surface area contributed by atoms with E-state index < -0.39 is 22.1 Å². The molecular formula is C19H22FN5O3S. The van der Waals surface area contributed by atoms with Gasteiger partial charge in [0.25, 0.3) is 0 Å². The minimum absolute atomic E-state index is 0.0553. The summed E-state index contributed by atoms with van der Waals surface area (Å²) in [6.07, 6.45) is 4.47. The van der Waals surface area contributed by atoms with Crippen molar-refractivity contribution in [1.82, 2.24) is 14.5 Å². The first-order valence-electron chi connectivity index (χ1n) is 9.79. The fourth-order valence-corrected chi connectivity index (χ4v) is 5.55. The largest absolute Gasteiger partial charge is 0.477 e. The lowest BCUT2D eigenvalue weighted by Gasteiger charge is -2.18. The van der Waals surface area contributed by atoms with Gasteiger partial charge in [0.05, 0.1) is 12.8 Å². The number of nitrogens with zero attached hydrogens (tertiary/aromatic N) is 2. The van der Waals surface area contributed by atoms with E-state index >= 15 is 0 Å². The molecule has 1 unspecified atom stereocenters. The van der Waals surface area contributed by atoms with Gasteiger partial charge in [0.15, 0.2) is 9.92 Å². The lowest BCUT2D eigenvalue weighted by molar-refractivity contribution is 0.224. The van der Waals surface area contributed by atoms with E-state index in [1.54, 1.807) is 4.68 Å². The van der Waals surface area contributed by atoms with Crippen molar-refractivity contribution in [3.63, 3.8) is 0 Å². The van der Waals surface area contributed by atoms with Crippen molar-refractivity contribution in [3.8, 4) is 5.88 Å². The van der Waals surface area contributed by atoms with Crippen LogP contribution in [0.1, 0.15) is 35.1 Å². The van der Waals surface area contributed by atoms with Crippen LogP contribution in [-0.2, 0) is 42.1 Å². The molecule has 2 amide bonds. The molecule has 10 heteroatoms. The molecule has 1 aromatic carbocycles. The molecule has 1 aromatic heterocycles. The molecule has 5 rings (SSSR count). The van der Waals surface area contributed by atoms with Gasteiger partial charge in [-0.05, 0) is 41.5 Å². The van der Waals surface area contributed by atoms with E-state index in [0.29, 0.717) is 25.3 Å². The fraction of sp³-hybridized carbons (Fsp3) is 0.474. The van der Waals surface area contributed by atoms with E-state index in [0.717, 1.165) is 47.9 Å². The number of anilines is 1. The Bertz CT molecular complexity index is 1110. The number of nitrogens with one attached hydrogen (secondary N) is 3. The standard InChI is InChI=1S/C19H22FN5O3S/c20-13-8-12-7-11-3-1-4-14(11)17(15(12)9-13)23-19(26)24-29(21,27)16-10-22-25-5-2-6-28-18(16)25/h7,10,13H,1-6,8-9H2,(H3,21,23,24,26,27)/t13-,29?/m0/s1. The average molecular weight is 419 g/mol. The van der Waals surface area contributed by atoms with Gasteiger partial charge in [-0.2, -0.15) is 5.10 Å². The van der Waals surface area contributed by atoms with E-state index in [1.165, 1.54) is 6.20 Å². The molecule has 0 saturated carbocycles. The number of amides is 2. The molecule has 0 fully saturated rings. The summed E-state index contributed by atoms with van der Waals surface area (Å²) in [7, 11) is -3.66. The Hall–Kier alpha value is -2.62. The number of hydrogen-bond donors (Lipinski definition) is 3. The molecule has 2 aliphatic carbocycles. The summed E-state index contributed by atoms with van der Waals surface area (Å²) in [5.41, 5.74) is 4.53. The topological polar surface area (TPSA) is 109 Å². The zero-order valence-electron chi connectivity index (χ0n) is 15.8. The third kappa shape index (κ3) is 3.15. The fourth-order valence-electron chi connectivity index (χ4n) is 4.52. The molecule has 2 aromatic rings. The average Bonchev–Trinajstić information content (AvgIpc) is 3.37. The van der Waals surface area contributed by atoms with Crippen LogP contribution in [0.5, 0.6) is 5.88 Å². The summed E-state index contributed by atoms with van der Waals surface area (Å²) in [6, 6.07) is 1.32. The molecule has 3 N–H and O–H groups in total. The van der Waals surface area contributed by atoms with Gasteiger partial charge in [0.2, 0.25) is 5.88 Å². The van der Waals surface area contributed by atoms with Gasteiger partial charge in [-0.15, -0.1) is 0 Å². The minimum atomic E-state index is -3.66. The van der Waals surface area contributed by atoms with Crippen molar-refractivity contribution in [2.45, 2.75) is 56.1 Å². The van der Waals surface area contributed by atoms with Crippen LogP contribution in [0.4, 0.5) is 14.9 Å². The lowest BCUT2D eigenvalue weighted by atomic mass is 9.99. The first-order chi connectivity index (χ1) is 13.9. The number of carbonyl (C=O) groups is 1. The Balaban J connectivity index is 1.41. The van der Waals surface area contributed by atoms with Crippen LogP contribution in [0.2, 0.25) is 0 Å². The Labute approximate surface area is 167 Å². The van der Waals surface area contributed by atoms with Gasteiger partial charge in [0.1, 0.15) is 11.1 Å². The van der Waals surface area contributed by atoms with Crippen molar-refractivity contribution in [2.24, 2.45) is 0 Å². The maximum Gasteiger partial charge on any atom is 0.331 e. The van der Waals surface area contributed by atoms with Gasteiger partial charge < -0.3 is 10.1 Å². The van der Waals surface area contributed by atoms with Crippen LogP contribution in [0, 0.1) is 4.78 Å². The molecule has 2 atom stereocenters. The number of aromatic nitrogens is 2. The van der Waals surface area contributed by atoms with E-state index in [9.17, 15) is 13.4 Å². The molecule has 154 valence electrons. The van der Waals surface area contributed by atoms with Crippen molar-refractivity contribution in [3.05, 3.63) is 34.5 Å². The summed E-state index contributed by atoms with van der Waals surface area (Å²) in [5.74, 6) is 0.262. The molecule has 29 heavy (non-hydrogen) atoms. The summed E-state index contributed by atoms with van der Waals surface area (Å²) in [6.45, 7) is 1.07. The maximum absolute atomic E-state index is 14.0. The number of hydrogen-bond acceptors (Lipinski definition) is 5. The monoisotopic (exact) mass is 419 g/mol. The van der Waals surface area contributed by atoms with Crippen molar-refractivity contribution in [2.75, 3.05) is 11.9 Å². The van der Waals surface area contributed by atoms with Crippen LogP contribution in [0.25, 0.3) is 0 Å². The highest BCUT2D eigenvalue weighted by Gasteiger charge is 2.31. The molecule has 2 heterocycles. The van der Waals surface area contributed by atoms with Gasteiger partial charge in [-0.25, -0.2) is 27.6 Å². The second-order valence-corrected chi connectivity index (χ2v) is 9.49. The van der Waals surface area contributed by atoms with Gasteiger partial charge in [-0.3, -0.25) is 0 Å². The van der Waals surface area contributed by atoms with Crippen molar-refractivity contribution in [1.29, 1.82) is 4.78 Å². The number of benzene rings is 1. The first-order valence-corrected chi connectivity index (χ1v) is 11.3. The van der Waals surface area contributed by atoms with Crippen LogP contribution in [-0.4, -0.2) is 32.8 Å². The van der Waals surface area contributed by atoms with Gasteiger partial charge >= 0.3 is 6.03 Å². The highest BCUT2D eigenvalue weighted by Crippen LogP contribution is 2.39. The summed E-state index contributed by atoms with van der Waals surface area (Å²) >= 11 is 0. The predicted molar refractivity (Wildman–Crippen MR) is 104 cm³/mol. The van der Waals surface area contributed by atoms with Crippen molar-refractivity contribution < 1.29 is 18.1 Å². The third-order valence-corrected chi connectivity index (χ3v) is 7.14. The SMILES string of the molecule is N=S(=O)(NC(=O)Nc1c2c(cc3c1C[C@@H](F)C3)CCC2)c1cnn2c1OCCC2. The third-order valence-electron chi connectivity index (χ3n) is 5.76. The summed E-state index contributed by atoms with van der Waals surface area (Å²) < 4.78 is 44.5. The smallest absolute Gasteiger partial charge is 0.331 e. The van der Waals surface area contributed by atoms with E-state index in [4.69, 9.17) is 9.52 Å². The van der Waals surface area contributed by atoms with Gasteiger partial charge in [-0.1, -0.05) is 6.07 Å². The predicted octanol–water partition coefficient (Wildman–Crippen LogP) is 2.73. The van der Waals surface area contributed by atoms with Crippen LogP contribution >= 0.6 is 0 Å². The number of rotatable bonds is 3. The number of halogens is 1. The summed E-state index contributed by atoms with van der Waals surface area (Å²) in [5, 5.41) is 6.87. The second kappa shape index (κ2) is 6.72. The first kappa shape index (κ1) is 18.4. The molecular weight excluding hydrogens is 397 g/mol. The molecule has 3 aliphatic rings. The number of fused-ring (bicyclic) bond motifs is 3.